The highest BCUT2D eigenvalue weighted by Gasteiger charge is 2.36. The lowest BCUT2D eigenvalue weighted by Gasteiger charge is -2.36. The molecule has 3 heteroatoms. The van der Waals surface area contributed by atoms with E-state index in [9.17, 15) is 4.79 Å². The predicted octanol–water partition coefficient (Wildman–Crippen LogP) is 0.840. The molecule has 0 aromatic heterocycles. The van der Waals surface area contributed by atoms with Gasteiger partial charge in [0.2, 0.25) is 5.91 Å². The number of hydrogen-bond donors (Lipinski definition) is 1. The van der Waals surface area contributed by atoms with Crippen LogP contribution in [0.3, 0.4) is 0 Å². The fraction of sp³-hybridized carbons (Fsp3) is 0.909. The van der Waals surface area contributed by atoms with Crippen LogP contribution in [0.2, 0.25) is 0 Å². The van der Waals surface area contributed by atoms with Crippen molar-refractivity contribution in [1.29, 1.82) is 0 Å². The first-order valence-corrected chi connectivity index (χ1v) is 5.69. The van der Waals surface area contributed by atoms with Crippen LogP contribution in [0, 0.1) is 17.8 Å². The number of likely N-dealkylation sites (tertiary alicyclic amines) is 1. The number of amides is 1. The molecule has 1 saturated carbocycles. The lowest BCUT2D eigenvalue weighted by atomic mass is 9.90. The normalized spacial score (nSPS) is 33.1. The monoisotopic (exact) mass is 196 g/mol. The van der Waals surface area contributed by atoms with E-state index in [0.29, 0.717) is 23.7 Å². The molecule has 1 heterocycles. The molecule has 80 valence electrons. The Morgan fingerprint density at radius 1 is 1.43 bits per heavy atom. The summed E-state index contributed by atoms with van der Waals surface area (Å²) in [7, 11) is 0. The number of carbonyl (C=O) groups is 1. The molecule has 0 bridgehead atoms. The second-order valence-electron chi connectivity index (χ2n) is 4.96. The zero-order valence-corrected chi connectivity index (χ0v) is 8.91. The van der Waals surface area contributed by atoms with Crippen LogP contribution in [0.5, 0.6) is 0 Å². The van der Waals surface area contributed by atoms with Crippen molar-refractivity contribution in [2.24, 2.45) is 23.5 Å². The maximum atomic E-state index is 11.9. The van der Waals surface area contributed by atoms with E-state index in [1.165, 1.54) is 6.42 Å². The minimum atomic E-state index is 0.360. The van der Waals surface area contributed by atoms with Crippen LogP contribution in [-0.4, -0.2) is 30.4 Å². The van der Waals surface area contributed by atoms with Crippen molar-refractivity contribution in [1.82, 2.24) is 4.90 Å². The number of hydrogen-bond acceptors (Lipinski definition) is 2. The zero-order valence-electron chi connectivity index (χ0n) is 8.91. The number of rotatable bonds is 2. The van der Waals surface area contributed by atoms with Gasteiger partial charge in [-0.2, -0.15) is 0 Å². The van der Waals surface area contributed by atoms with Crippen molar-refractivity contribution in [2.45, 2.75) is 26.2 Å². The fourth-order valence-corrected chi connectivity index (χ4v) is 2.42. The first-order valence-electron chi connectivity index (χ1n) is 5.69. The topological polar surface area (TPSA) is 46.3 Å². The number of piperidine rings is 1. The van der Waals surface area contributed by atoms with E-state index in [1.54, 1.807) is 0 Å². The minimum absolute atomic E-state index is 0.360. The van der Waals surface area contributed by atoms with Gasteiger partial charge in [-0.3, -0.25) is 4.79 Å². The van der Waals surface area contributed by atoms with Crippen LogP contribution in [-0.2, 0) is 4.79 Å². The van der Waals surface area contributed by atoms with Crippen LogP contribution in [0.4, 0.5) is 0 Å². The van der Waals surface area contributed by atoms with Gasteiger partial charge in [0.15, 0.2) is 0 Å². The molecule has 2 unspecified atom stereocenters. The van der Waals surface area contributed by atoms with Gasteiger partial charge in [-0.15, -0.1) is 0 Å². The Balaban J connectivity index is 1.93. The van der Waals surface area contributed by atoms with E-state index >= 15 is 0 Å². The molecule has 2 fully saturated rings. The van der Waals surface area contributed by atoms with Gasteiger partial charge in [-0.25, -0.2) is 0 Å². The second kappa shape index (κ2) is 3.89. The molecule has 3 nitrogen and oxygen atoms in total. The second-order valence-corrected chi connectivity index (χ2v) is 4.96. The molecule has 2 atom stereocenters. The Morgan fingerprint density at radius 2 is 2.14 bits per heavy atom. The van der Waals surface area contributed by atoms with E-state index in [2.05, 4.69) is 6.92 Å². The van der Waals surface area contributed by atoms with Gasteiger partial charge < -0.3 is 10.6 Å². The van der Waals surface area contributed by atoms with Crippen LogP contribution >= 0.6 is 0 Å². The predicted molar refractivity (Wildman–Crippen MR) is 55.6 cm³/mol. The molecule has 2 aliphatic rings. The summed E-state index contributed by atoms with van der Waals surface area (Å²) in [4.78, 5) is 13.9. The van der Waals surface area contributed by atoms with Gasteiger partial charge in [0.25, 0.3) is 0 Å². The Labute approximate surface area is 85.6 Å². The Bertz CT molecular complexity index is 225. The summed E-state index contributed by atoms with van der Waals surface area (Å²) >= 11 is 0. The smallest absolute Gasteiger partial charge is 0.225 e. The third-order valence-corrected chi connectivity index (χ3v) is 3.32. The summed E-state index contributed by atoms with van der Waals surface area (Å²) in [5.41, 5.74) is 5.68. The highest BCUT2D eigenvalue weighted by molar-refractivity contribution is 5.81. The van der Waals surface area contributed by atoms with Gasteiger partial charge in [0.1, 0.15) is 0 Å². The molecule has 2 N–H and O–H groups in total. The molecule has 1 amide bonds. The van der Waals surface area contributed by atoms with Crippen LogP contribution < -0.4 is 5.73 Å². The van der Waals surface area contributed by atoms with E-state index in [0.717, 1.165) is 32.5 Å². The quantitative estimate of drug-likeness (QED) is 0.711. The molecular formula is C11H20N2O. The summed E-state index contributed by atoms with van der Waals surface area (Å²) < 4.78 is 0. The maximum absolute atomic E-state index is 11.9. The molecule has 1 aliphatic heterocycles. The average molecular weight is 196 g/mol. The van der Waals surface area contributed by atoms with Gasteiger partial charge in [-0.05, 0) is 37.6 Å². The van der Waals surface area contributed by atoms with Crippen molar-refractivity contribution in [3.8, 4) is 0 Å². The van der Waals surface area contributed by atoms with Gasteiger partial charge in [0.05, 0.1) is 0 Å². The van der Waals surface area contributed by atoms with Crippen molar-refractivity contribution in [2.75, 3.05) is 19.6 Å². The van der Waals surface area contributed by atoms with Crippen molar-refractivity contribution < 1.29 is 4.79 Å². The fourth-order valence-electron chi connectivity index (χ4n) is 2.42. The lowest BCUT2D eigenvalue weighted by molar-refractivity contribution is -0.135. The summed E-state index contributed by atoms with van der Waals surface area (Å²) in [6, 6.07) is 0. The molecule has 1 saturated heterocycles. The Hall–Kier alpha value is -0.570. The number of nitrogens with zero attached hydrogens (tertiary/aromatic N) is 1. The Morgan fingerprint density at radius 3 is 2.71 bits per heavy atom. The third kappa shape index (κ3) is 2.08. The Kier molecular flexibility index (Phi) is 2.77. The minimum Gasteiger partial charge on any atom is -0.342 e. The standard InChI is InChI=1S/C11H20N2O/c1-8-4-9(5-12)7-13(6-8)11(14)10-2-3-10/h8-10H,2-7,12H2,1H3. The largest absolute Gasteiger partial charge is 0.342 e. The zero-order chi connectivity index (χ0) is 10.1. The maximum Gasteiger partial charge on any atom is 0.225 e. The van der Waals surface area contributed by atoms with Gasteiger partial charge in [0, 0.05) is 19.0 Å². The summed E-state index contributed by atoms with van der Waals surface area (Å²) in [6.45, 7) is 4.79. The first kappa shape index (κ1) is 9.97. The summed E-state index contributed by atoms with van der Waals surface area (Å²) in [6.07, 6.45) is 3.40. The number of nitrogens with two attached hydrogens (primary N) is 1. The summed E-state index contributed by atoms with van der Waals surface area (Å²) in [5, 5.41) is 0. The molecule has 0 spiro atoms. The van der Waals surface area contributed by atoms with Crippen LogP contribution in [0.25, 0.3) is 0 Å². The molecule has 0 radical (unpaired) electrons. The van der Waals surface area contributed by atoms with E-state index < -0.39 is 0 Å². The highest BCUT2D eigenvalue weighted by atomic mass is 16.2. The SMILES string of the molecule is CC1CC(CN)CN(C(=O)C2CC2)C1. The molecular weight excluding hydrogens is 176 g/mol. The van der Waals surface area contributed by atoms with Gasteiger partial charge in [-0.1, -0.05) is 6.92 Å². The van der Waals surface area contributed by atoms with E-state index in [4.69, 9.17) is 5.73 Å². The van der Waals surface area contributed by atoms with Crippen molar-refractivity contribution >= 4 is 5.91 Å². The molecule has 0 aromatic rings. The number of carbonyl (C=O) groups excluding carboxylic acids is 1. The molecule has 2 rings (SSSR count). The molecule has 0 aromatic carbocycles. The first-order chi connectivity index (χ1) is 6.70. The molecule has 14 heavy (non-hydrogen) atoms. The van der Waals surface area contributed by atoms with Crippen molar-refractivity contribution in [3.63, 3.8) is 0 Å². The third-order valence-electron chi connectivity index (χ3n) is 3.32. The molecule has 1 aliphatic carbocycles. The van der Waals surface area contributed by atoms with Gasteiger partial charge >= 0.3 is 0 Å². The highest BCUT2D eigenvalue weighted by Crippen LogP contribution is 2.33. The lowest BCUT2D eigenvalue weighted by Crippen LogP contribution is -2.45. The van der Waals surface area contributed by atoms with E-state index in [1.807, 2.05) is 4.90 Å². The van der Waals surface area contributed by atoms with Crippen molar-refractivity contribution in [3.05, 3.63) is 0 Å². The van der Waals surface area contributed by atoms with Crippen LogP contribution in [0.15, 0.2) is 0 Å². The average Bonchev–Trinajstić information content (AvgIpc) is 2.99. The summed E-state index contributed by atoms with van der Waals surface area (Å²) in [5.74, 6) is 1.90. The van der Waals surface area contributed by atoms with E-state index in [-0.39, 0.29) is 0 Å². The van der Waals surface area contributed by atoms with Crippen LogP contribution in [0.1, 0.15) is 26.2 Å².